The summed E-state index contributed by atoms with van der Waals surface area (Å²) in [7, 11) is 0. The first-order valence-corrected chi connectivity index (χ1v) is 6.52. The van der Waals surface area contributed by atoms with Crippen molar-refractivity contribution in [3.05, 3.63) is 28.2 Å². The molecule has 0 saturated carbocycles. The molecule has 0 aliphatic carbocycles. The minimum absolute atomic E-state index is 0.134. The Labute approximate surface area is 111 Å². The Bertz CT molecular complexity index is 404. The number of benzene rings is 1. The van der Waals surface area contributed by atoms with Gasteiger partial charge in [0.25, 0.3) is 0 Å². The van der Waals surface area contributed by atoms with Gasteiger partial charge in [0.05, 0.1) is 11.7 Å². The molecule has 1 aromatic rings. The molecule has 17 heavy (non-hydrogen) atoms. The summed E-state index contributed by atoms with van der Waals surface area (Å²) in [4.78, 5) is 11.9. The highest BCUT2D eigenvalue weighted by Gasteiger charge is 2.15. The summed E-state index contributed by atoms with van der Waals surface area (Å²) in [5, 5.41) is 2.85. The van der Waals surface area contributed by atoms with E-state index >= 15 is 0 Å². The fraction of sp³-hybridized carbons (Fsp3) is 0.462. The zero-order valence-corrected chi connectivity index (χ0v) is 12.0. The van der Waals surface area contributed by atoms with Crippen LogP contribution in [0.2, 0.25) is 0 Å². The van der Waals surface area contributed by atoms with E-state index in [2.05, 4.69) is 35.1 Å². The molecule has 0 aromatic heterocycles. The Morgan fingerprint density at radius 3 is 2.71 bits per heavy atom. The summed E-state index contributed by atoms with van der Waals surface area (Å²) in [6, 6.07) is 5.36. The highest BCUT2D eigenvalue weighted by atomic mass is 79.9. The maximum absolute atomic E-state index is 11.9. The normalized spacial score (nSPS) is 12.6. The largest absolute Gasteiger partial charge is 0.324 e. The second-order valence-electron chi connectivity index (χ2n) is 4.71. The van der Waals surface area contributed by atoms with Crippen LogP contribution in [0.5, 0.6) is 0 Å². The standard InChI is InChI=1S/C13H19BrN2O/c1-8(2)6-11(15)13(17)16-12-7-9(3)4-5-10(12)14/h4-5,7-8,11H,6,15H2,1-3H3,(H,16,17)/t11-/m1/s1. The highest BCUT2D eigenvalue weighted by Crippen LogP contribution is 2.23. The molecule has 3 N–H and O–H groups in total. The van der Waals surface area contributed by atoms with E-state index in [4.69, 9.17) is 5.73 Å². The van der Waals surface area contributed by atoms with E-state index in [0.29, 0.717) is 12.3 Å². The van der Waals surface area contributed by atoms with Crippen LogP contribution in [0, 0.1) is 12.8 Å². The number of carbonyl (C=O) groups excluding carboxylic acids is 1. The fourth-order valence-corrected chi connectivity index (χ4v) is 1.92. The van der Waals surface area contributed by atoms with Crippen molar-refractivity contribution in [1.29, 1.82) is 0 Å². The number of aryl methyl sites for hydroxylation is 1. The summed E-state index contributed by atoms with van der Waals surface area (Å²) in [6.45, 7) is 6.08. The molecule has 0 aliphatic heterocycles. The Hall–Kier alpha value is -0.870. The predicted molar refractivity (Wildman–Crippen MR) is 74.9 cm³/mol. The minimum Gasteiger partial charge on any atom is -0.324 e. The fourth-order valence-electron chi connectivity index (χ4n) is 1.58. The molecule has 1 rings (SSSR count). The van der Waals surface area contributed by atoms with Crippen molar-refractivity contribution in [2.45, 2.75) is 33.2 Å². The topological polar surface area (TPSA) is 55.1 Å². The summed E-state index contributed by atoms with van der Waals surface area (Å²) in [5.74, 6) is 0.279. The number of hydrogen-bond donors (Lipinski definition) is 2. The van der Waals surface area contributed by atoms with E-state index in [-0.39, 0.29) is 5.91 Å². The third-order valence-corrected chi connectivity index (χ3v) is 3.13. The van der Waals surface area contributed by atoms with Crippen LogP contribution in [-0.4, -0.2) is 11.9 Å². The number of anilines is 1. The third kappa shape index (κ3) is 4.48. The van der Waals surface area contributed by atoms with E-state index in [0.717, 1.165) is 15.7 Å². The SMILES string of the molecule is Cc1ccc(Br)c(NC(=O)[C@H](N)CC(C)C)c1. The number of halogens is 1. The van der Waals surface area contributed by atoms with Crippen molar-refractivity contribution in [3.63, 3.8) is 0 Å². The Balaban J connectivity index is 2.70. The molecule has 0 unspecified atom stereocenters. The zero-order chi connectivity index (χ0) is 13.0. The molecule has 0 saturated heterocycles. The lowest BCUT2D eigenvalue weighted by Crippen LogP contribution is -2.36. The number of nitrogens with two attached hydrogens (primary N) is 1. The maximum atomic E-state index is 11.9. The van der Waals surface area contributed by atoms with Crippen LogP contribution in [0.25, 0.3) is 0 Å². The lowest BCUT2D eigenvalue weighted by atomic mass is 10.0. The van der Waals surface area contributed by atoms with Gasteiger partial charge in [-0.2, -0.15) is 0 Å². The molecule has 4 heteroatoms. The van der Waals surface area contributed by atoms with Crippen LogP contribution in [0.3, 0.4) is 0 Å². The first-order chi connectivity index (χ1) is 7.90. The molecule has 94 valence electrons. The molecule has 1 atom stereocenters. The highest BCUT2D eigenvalue weighted by molar-refractivity contribution is 9.10. The van der Waals surface area contributed by atoms with Gasteiger partial charge in [0.15, 0.2) is 0 Å². The quantitative estimate of drug-likeness (QED) is 0.897. The van der Waals surface area contributed by atoms with Crippen LogP contribution >= 0.6 is 15.9 Å². The van der Waals surface area contributed by atoms with Crippen LogP contribution in [0.4, 0.5) is 5.69 Å². The number of hydrogen-bond acceptors (Lipinski definition) is 2. The summed E-state index contributed by atoms with van der Waals surface area (Å²) < 4.78 is 0.869. The molecular formula is C13H19BrN2O. The molecule has 0 heterocycles. The Morgan fingerprint density at radius 1 is 1.47 bits per heavy atom. The van der Waals surface area contributed by atoms with E-state index in [9.17, 15) is 4.79 Å². The zero-order valence-electron chi connectivity index (χ0n) is 10.5. The molecule has 1 aromatic carbocycles. The van der Waals surface area contributed by atoms with Gasteiger partial charge in [-0.05, 0) is 52.9 Å². The van der Waals surface area contributed by atoms with E-state index in [1.54, 1.807) is 0 Å². The van der Waals surface area contributed by atoms with Gasteiger partial charge < -0.3 is 11.1 Å². The second-order valence-corrected chi connectivity index (χ2v) is 5.56. The molecule has 0 bridgehead atoms. The van der Waals surface area contributed by atoms with Crippen molar-refractivity contribution in [2.75, 3.05) is 5.32 Å². The molecule has 3 nitrogen and oxygen atoms in total. The van der Waals surface area contributed by atoms with Crippen LogP contribution < -0.4 is 11.1 Å². The number of rotatable bonds is 4. The number of carbonyl (C=O) groups is 1. The number of nitrogens with one attached hydrogen (secondary N) is 1. The molecule has 0 radical (unpaired) electrons. The molecule has 0 aliphatic rings. The van der Waals surface area contributed by atoms with Crippen LogP contribution in [0.1, 0.15) is 25.8 Å². The van der Waals surface area contributed by atoms with Gasteiger partial charge in [0, 0.05) is 4.47 Å². The van der Waals surface area contributed by atoms with Gasteiger partial charge in [-0.15, -0.1) is 0 Å². The summed E-state index contributed by atoms with van der Waals surface area (Å²) in [6.07, 6.45) is 0.690. The molecule has 0 spiro atoms. The maximum Gasteiger partial charge on any atom is 0.241 e. The van der Waals surface area contributed by atoms with Crippen molar-refractivity contribution in [2.24, 2.45) is 11.7 Å². The van der Waals surface area contributed by atoms with Gasteiger partial charge in [0.2, 0.25) is 5.91 Å². The average molecular weight is 299 g/mol. The first kappa shape index (κ1) is 14.2. The van der Waals surface area contributed by atoms with Crippen LogP contribution in [0.15, 0.2) is 22.7 Å². The Kier molecular flexibility index (Phi) is 5.15. The first-order valence-electron chi connectivity index (χ1n) is 5.72. The molecule has 0 fully saturated rings. The van der Waals surface area contributed by atoms with E-state index in [1.807, 2.05) is 25.1 Å². The van der Waals surface area contributed by atoms with Gasteiger partial charge in [-0.3, -0.25) is 4.79 Å². The van der Waals surface area contributed by atoms with Gasteiger partial charge in [-0.25, -0.2) is 0 Å². The van der Waals surface area contributed by atoms with E-state index < -0.39 is 6.04 Å². The lowest BCUT2D eigenvalue weighted by molar-refractivity contribution is -0.117. The third-order valence-electron chi connectivity index (χ3n) is 2.44. The van der Waals surface area contributed by atoms with Crippen molar-refractivity contribution < 1.29 is 4.79 Å². The minimum atomic E-state index is -0.456. The monoisotopic (exact) mass is 298 g/mol. The van der Waals surface area contributed by atoms with Crippen LogP contribution in [-0.2, 0) is 4.79 Å². The van der Waals surface area contributed by atoms with Crippen molar-refractivity contribution >= 4 is 27.5 Å². The molecule has 1 amide bonds. The Morgan fingerprint density at radius 2 is 2.12 bits per heavy atom. The second kappa shape index (κ2) is 6.17. The van der Waals surface area contributed by atoms with Crippen molar-refractivity contribution in [1.82, 2.24) is 0 Å². The van der Waals surface area contributed by atoms with E-state index in [1.165, 1.54) is 0 Å². The average Bonchev–Trinajstić information content (AvgIpc) is 2.22. The van der Waals surface area contributed by atoms with Gasteiger partial charge >= 0.3 is 0 Å². The van der Waals surface area contributed by atoms with Crippen molar-refractivity contribution in [3.8, 4) is 0 Å². The van der Waals surface area contributed by atoms with Gasteiger partial charge in [0.1, 0.15) is 0 Å². The summed E-state index contributed by atoms with van der Waals surface area (Å²) in [5.41, 5.74) is 7.70. The number of amides is 1. The predicted octanol–water partition coefficient (Wildman–Crippen LogP) is 3.07. The van der Waals surface area contributed by atoms with Gasteiger partial charge in [-0.1, -0.05) is 19.9 Å². The lowest BCUT2D eigenvalue weighted by Gasteiger charge is -2.15. The molecular weight excluding hydrogens is 280 g/mol. The smallest absolute Gasteiger partial charge is 0.241 e. The summed E-state index contributed by atoms with van der Waals surface area (Å²) >= 11 is 3.40.